The van der Waals surface area contributed by atoms with Crippen LogP contribution in [0.5, 0.6) is 0 Å². The molecule has 0 aromatic heterocycles. The maximum absolute atomic E-state index is 3.63. The van der Waals surface area contributed by atoms with Gasteiger partial charge >= 0.3 is 0 Å². The van der Waals surface area contributed by atoms with Gasteiger partial charge in [0.25, 0.3) is 0 Å². The normalized spacial score (nSPS) is 26.3. The van der Waals surface area contributed by atoms with Crippen molar-refractivity contribution in [1.29, 1.82) is 0 Å². The standard InChI is InChI=1S/C17H28N2/c1-4-14(2)17-12-18-15(3)13-19(17)11-10-16-8-6-5-7-9-16/h5-9,14-15,17-18H,4,10-13H2,1-3H3. The first kappa shape index (κ1) is 14.5. The zero-order chi connectivity index (χ0) is 13.7. The van der Waals surface area contributed by atoms with Crippen LogP contribution in [0.3, 0.4) is 0 Å². The van der Waals surface area contributed by atoms with Crippen molar-refractivity contribution in [2.75, 3.05) is 19.6 Å². The molecular weight excluding hydrogens is 232 g/mol. The van der Waals surface area contributed by atoms with Gasteiger partial charge in [0.05, 0.1) is 0 Å². The zero-order valence-corrected chi connectivity index (χ0v) is 12.6. The van der Waals surface area contributed by atoms with E-state index in [0.29, 0.717) is 12.1 Å². The molecule has 0 radical (unpaired) electrons. The lowest BCUT2D eigenvalue weighted by atomic mass is 9.94. The minimum Gasteiger partial charge on any atom is -0.311 e. The molecule has 0 aliphatic carbocycles. The highest BCUT2D eigenvalue weighted by Crippen LogP contribution is 2.18. The molecule has 106 valence electrons. The smallest absolute Gasteiger partial charge is 0.0247 e. The summed E-state index contributed by atoms with van der Waals surface area (Å²) >= 11 is 0. The average molecular weight is 260 g/mol. The van der Waals surface area contributed by atoms with Gasteiger partial charge in [-0.1, -0.05) is 50.6 Å². The first-order valence-electron chi connectivity index (χ1n) is 7.72. The number of nitrogens with zero attached hydrogens (tertiary/aromatic N) is 1. The van der Waals surface area contributed by atoms with Crippen LogP contribution >= 0.6 is 0 Å². The molecule has 0 saturated carbocycles. The molecule has 0 amide bonds. The number of benzene rings is 1. The third kappa shape index (κ3) is 4.05. The molecule has 1 heterocycles. The molecule has 0 spiro atoms. The van der Waals surface area contributed by atoms with E-state index in [4.69, 9.17) is 0 Å². The minimum atomic E-state index is 0.621. The predicted molar refractivity (Wildman–Crippen MR) is 82.4 cm³/mol. The van der Waals surface area contributed by atoms with E-state index in [0.717, 1.165) is 12.5 Å². The van der Waals surface area contributed by atoms with E-state index >= 15 is 0 Å². The second-order valence-corrected chi connectivity index (χ2v) is 5.99. The lowest BCUT2D eigenvalue weighted by Gasteiger charge is -2.42. The molecule has 1 aromatic carbocycles. The van der Waals surface area contributed by atoms with E-state index in [1.54, 1.807) is 0 Å². The SMILES string of the molecule is CCC(C)C1CNC(C)CN1CCc1ccccc1. The summed E-state index contributed by atoms with van der Waals surface area (Å²) in [6.45, 7) is 10.5. The van der Waals surface area contributed by atoms with Crippen LogP contribution in [0.1, 0.15) is 32.8 Å². The fourth-order valence-corrected chi connectivity index (χ4v) is 3.01. The summed E-state index contributed by atoms with van der Waals surface area (Å²) in [4.78, 5) is 2.70. The fourth-order valence-electron chi connectivity index (χ4n) is 3.01. The number of hydrogen-bond acceptors (Lipinski definition) is 2. The Morgan fingerprint density at radius 1 is 1.32 bits per heavy atom. The van der Waals surface area contributed by atoms with Crippen LogP contribution in [0.25, 0.3) is 0 Å². The number of hydrogen-bond donors (Lipinski definition) is 1. The van der Waals surface area contributed by atoms with Crippen LogP contribution in [-0.2, 0) is 6.42 Å². The topological polar surface area (TPSA) is 15.3 Å². The fraction of sp³-hybridized carbons (Fsp3) is 0.647. The largest absolute Gasteiger partial charge is 0.311 e. The first-order chi connectivity index (χ1) is 9.20. The molecule has 3 atom stereocenters. The van der Waals surface area contributed by atoms with Gasteiger partial charge in [-0.05, 0) is 24.8 Å². The predicted octanol–water partition coefficient (Wildman–Crippen LogP) is 2.94. The van der Waals surface area contributed by atoms with Gasteiger partial charge in [-0.25, -0.2) is 0 Å². The van der Waals surface area contributed by atoms with E-state index in [-0.39, 0.29) is 0 Å². The molecule has 2 heteroatoms. The Morgan fingerprint density at radius 2 is 2.05 bits per heavy atom. The molecule has 1 N–H and O–H groups in total. The van der Waals surface area contributed by atoms with Crippen LogP contribution in [0.2, 0.25) is 0 Å². The van der Waals surface area contributed by atoms with E-state index in [1.165, 1.54) is 31.5 Å². The van der Waals surface area contributed by atoms with Gasteiger partial charge in [0, 0.05) is 31.7 Å². The minimum absolute atomic E-state index is 0.621. The Morgan fingerprint density at radius 3 is 2.74 bits per heavy atom. The number of rotatable bonds is 5. The van der Waals surface area contributed by atoms with E-state index in [1.807, 2.05) is 0 Å². The Hall–Kier alpha value is -0.860. The van der Waals surface area contributed by atoms with Crippen molar-refractivity contribution >= 4 is 0 Å². The highest BCUT2D eigenvalue weighted by atomic mass is 15.2. The summed E-state index contributed by atoms with van der Waals surface area (Å²) in [6.07, 6.45) is 2.43. The Balaban J connectivity index is 1.94. The van der Waals surface area contributed by atoms with E-state index < -0.39 is 0 Å². The van der Waals surface area contributed by atoms with Crippen LogP contribution in [0, 0.1) is 5.92 Å². The van der Waals surface area contributed by atoms with Crippen LogP contribution in [0.15, 0.2) is 30.3 Å². The summed E-state index contributed by atoms with van der Waals surface area (Å²) in [5, 5.41) is 3.63. The Labute approximate surface area is 118 Å². The Bertz CT molecular complexity index is 363. The Kier molecular flexibility index (Phi) is 5.41. The molecule has 1 fully saturated rings. The first-order valence-corrected chi connectivity index (χ1v) is 7.72. The monoisotopic (exact) mass is 260 g/mol. The lowest BCUT2D eigenvalue weighted by Crippen LogP contribution is -2.57. The van der Waals surface area contributed by atoms with Crippen LogP contribution in [0.4, 0.5) is 0 Å². The van der Waals surface area contributed by atoms with Crippen molar-refractivity contribution < 1.29 is 0 Å². The second-order valence-electron chi connectivity index (χ2n) is 5.99. The molecule has 3 unspecified atom stereocenters. The maximum Gasteiger partial charge on any atom is 0.0247 e. The van der Waals surface area contributed by atoms with Crippen LogP contribution in [-0.4, -0.2) is 36.6 Å². The van der Waals surface area contributed by atoms with Gasteiger partial charge in [-0.15, -0.1) is 0 Å². The molecule has 1 saturated heterocycles. The summed E-state index contributed by atoms with van der Waals surface area (Å²) in [6, 6.07) is 12.2. The average Bonchev–Trinajstić information content (AvgIpc) is 2.45. The highest BCUT2D eigenvalue weighted by Gasteiger charge is 2.28. The van der Waals surface area contributed by atoms with Crippen molar-refractivity contribution in [3.05, 3.63) is 35.9 Å². The summed E-state index contributed by atoms with van der Waals surface area (Å²) in [5.74, 6) is 0.774. The van der Waals surface area contributed by atoms with Gasteiger partial charge in [0.15, 0.2) is 0 Å². The maximum atomic E-state index is 3.63. The molecule has 1 aliphatic heterocycles. The summed E-state index contributed by atoms with van der Waals surface area (Å²) < 4.78 is 0. The lowest BCUT2D eigenvalue weighted by molar-refractivity contribution is 0.0969. The van der Waals surface area contributed by atoms with Crippen molar-refractivity contribution in [3.63, 3.8) is 0 Å². The van der Waals surface area contributed by atoms with Crippen molar-refractivity contribution in [3.8, 4) is 0 Å². The van der Waals surface area contributed by atoms with Gasteiger partial charge in [-0.3, -0.25) is 4.90 Å². The van der Waals surface area contributed by atoms with Crippen molar-refractivity contribution in [1.82, 2.24) is 10.2 Å². The molecule has 1 aliphatic rings. The van der Waals surface area contributed by atoms with Gasteiger partial charge in [-0.2, -0.15) is 0 Å². The molecule has 2 nitrogen and oxygen atoms in total. The third-order valence-electron chi connectivity index (χ3n) is 4.48. The molecular formula is C17H28N2. The molecule has 2 rings (SSSR count). The third-order valence-corrected chi connectivity index (χ3v) is 4.48. The van der Waals surface area contributed by atoms with Crippen LogP contribution < -0.4 is 5.32 Å². The molecule has 1 aromatic rings. The van der Waals surface area contributed by atoms with Gasteiger partial charge < -0.3 is 5.32 Å². The van der Waals surface area contributed by atoms with Crippen molar-refractivity contribution in [2.24, 2.45) is 5.92 Å². The van der Waals surface area contributed by atoms with Crippen molar-refractivity contribution in [2.45, 2.75) is 45.7 Å². The molecule has 0 bridgehead atoms. The number of piperazine rings is 1. The summed E-state index contributed by atoms with van der Waals surface area (Å²) in [7, 11) is 0. The van der Waals surface area contributed by atoms with E-state index in [9.17, 15) is 0 Å². The summed E-state index contributed by atoms with van der Waals surface area (Å²) in [5.41, 5.74) is 1.46. The van der Waals surface area contributed by atoms with Gasteiger partial charge in [0.2, 0.25) is 0 Å². The quantitative estimate of drug-likeness (QED) is 0.875. The van der Waals surface area contributed by atoms with E-state index in [2.05, 4.69) is 61.3 Å². The molecule has 19 heavy (non-hydrogen) atoms. The second kappa shape index (κ2) is 7.06. The zero-order valence-electron chi connectivity index (χ0n) is 12.6. The number of nitrogens with one attached hydrogen (secondary N) is 1. The highest BCUT2D eigenvalue weighted by molar-refractivity contribution is 5.15. The van der Waals surface area contributed by atoms with Gasteiger partial charge in [0.1, 0.15) is 0 Å².